The van der Waals surface area contributed by atoms with Crippen LogP contribution in [-0.2, 0) is 17.8 Å². The van der Waals surface area contributed by atoms with Gasteiger partial charge in [0.25, 0.3) is 0 Å². The summed E-state index contributed by atoms with van der Waals surface area (Å²) in [6, 6.07) is 3.32. The van der Waals surface area contributed by atoms with Gasteiger partial charge >= 0.3 is 0 Å². The standard InChI is InChI=1S/C16H16FN3O2/c1-22-15-11(9-13(18)21)12-6-2-3-8-20(12)14(15)10-5-4-7-19-16(10)17/h2,4-7H,3,8-9H2,1H3,(H2,18,21). The summed E-state index contributed by atoms with van der Waals surface area (Å²) >= 11 is 0. The predicted molar refractivity (Wildman–Crippen MR) is 80.7 cm³/mol. The van der Waals surface area contributed by atoms with E-state index in [-0.39, 0.29) is 6.42 Å². The van der Waals surface area contributed by atoms with Crippen molar-refractivity contribution in [3.63, 3.8) is 0 Å². The third-order valence-electron chi connectivity index (χ3n) is 3.72. The molecule has 0 aromatic carbocycles. The molecule has 22 heavy (non-hydrogen) atoms. The minimum absolute atomic E-state index is 0.0464. The summed E-state index contributed by atoms with van der Waals surface area (Å²) in [5, 5.41) is 0. The first-order chi connectivity index (χ1) is 10.6. The number of primary amides is 1. The smallest absolute Gasteiger partial charge is 0.222 e. The molecule has 3 heterocycles. The molecule has 2 aromatic rings. The zero-order chi connectivity index (χ0) is 15.7. The number of allylic oxidation sites excluding steroid dienone is 1. The third-order valence-corrected chi connectivity index (χ3v) is 3.72. The molecule has 0 saturated carbocycles. The second-order valence-electron chi connectivity index (χ2n) is 5.07. The summed E-state index contributed by atoms with van der Waals surface area (Å²) < 4.78 is 21.6. The summed E-state index contributed by atoms with van der Waals surface area (Å²) in [5.74, 6) is -0.544. The SMILES string of the molecule is COc1c(CC(N)=O)c2n(c1-c1cccnc1F)CCC=C2. The Morgan fingerprint density at radius 1 is 1.55 bits per heavy atom. The van der Waals surface area contributed by atoms with Crippen LogP contribution in [0.25, 0.3) is 17.3 Å². The maximum atomic E-state index is 14.1. The van der Waals surface area contributed by atoms with Crippen LogP contribution in [0.1, 0.15) is 17.7 Å². The molecule has 5 nitrogen and oxygen atoms in total. The lowest BCUT2D eigenvalue weighted by atomic mass is 10.1. The minimum Gasteiger partial charge on any atom is -0.494 e. The van der Waals surface area contributed by atoms with Crippen LogP contribution >= 0.6 is 0 Å². The van der Waals surface area contributed by atoms with E-state index in [2.05, 4.69) is 4.98 Å². The molecular formula is C16H16FN3O2. The van der Waals surface area contributed by atoms with Gasteiger partial charge in [0.15, 0.2) is 0 Å². The van der Waals surface area contributed by atoms with Gasteiger partial charge in [-0.2, -0.15) is 4.39 Å². The number of nitrogens with two attached hydrogens (primary N) is 1. The Hall–Kier alpha value is -2.63. The molecule has 0 radical (unpaired) electrons. The van der Waals surface area contributed by atoms with Crippen LogP contribution in [0.5, 0.6) is 5.75 Å². The van der Waals surface area contributed by atoms with Crippen molar-refractivity contribution < 1.29 is 13.9 Å². The van der Waals surface area contributed by atoms with Crippen LogP contribution in [0.3, 0.4) is 0 Å². The molecule has 2 aromatic heterocycles. The Kier molecular flexibility index (Phi) is 3.66. The summed E-state index contributed by atoms with van der Waals surface area (Å²) in [6.45, 7) is 0.685. The van der Waals surface area contributed by atoms with Crippen molar-refractivity contribution in [3.05, 3.63) is 41.6 Å². The third kappa shape index (κ3) is 2.26. The fourth-order valence-electron chi connectivity index (χ4n) is 2.88. The number of hydrogen-bond acceptors (Lipinski definition) is 3. The molecular weight excluding hydrogens is 285 g/mol. The molecule has 0 unspecified atom stereocenters. The van der Waals surface area contributed by atoms with Crippen LogP contribution in [-0.4, -0.2) is 22.6 Å². The molecule has 114 valence electrons. The largest absolute Gasteiger partial charge is 0.494 e. The van der Waals surface area contributed by atoms with E-state index < -0.39 is 11.9 Å². The van der Waals surface area contributed by atoms with Gasteiger partial charge in [-0.05, 0) is 24.6 Å². The van der Waals surface area contributed by atoms with Crippen molar-refractivity contribution in [2.75, 3.05) is 7.11 Å². The average Bonchev–Trinajstić information content (AvgIpc) is 2.81. The Morgan fingerprint density at radius 2 is 2.36 bits per heavy atom. The first kappa shape index (κ1) is 14.3. The summed E-state index contributed by atoms with van der Waals surface area (Å²) in [7, 11) is 1.51. The number of methoxy groups -OCH3 is 1. The highest BCUT2D eigenvalue weighted by Gasteiger charge is 2.27. The number of pyridine rings is 1. The number of aromatic nitrogens is 2. The molecule has 3 rings (SSSR count). The monoisotopic (exact) mass is 301 g/mol. The number of amides is 1. The van der Waals surface area contributed by atoms with Crippen molar-refractivity contribution in [2.45, 2.75) is 19.4 Å². The van der Waals surface area contributed by atoms with Gasteiger partial charge in [0.05, 0.1) is 24.8 Å². The first-order valence-corrected chi connectivity index (χ1v) is 6.98. The van der Waals surface area contributed by atoms with E-state index >= 15 is 0 Å². The molecule has 6 heteroatoms. The van der Waals surface area contributed by atoms with Crippen LogP contribution in [0.4, 0.5) is 4.39 Å². The van der Waals surface area contributed by atoms with Gasteiger partial charge in [-0.25, -0.2) is 4.98 Å². The molecule has 0 aliphatic carbocycles. The summed E-state index contributed by atoms with van der Waals surface area (Å²) in [6.07, 6.45) is 6.21. The number of halogens is 1. The van der Waals surface area contributed by atoms with E-state index in [1.165, 1.54) is 13.3 Å². The predicted octanol–water partition coefficient (Wildman–Crippen LogP) is 2.14. The Balaban J connectivity index is 2.30. The van der Waals surface area contributed by atoms with Gasteiger partial charge in [-0.3, -0.25) is 4.79 Å². The molecule has 0 spiro atoms. The van der Waals surface area contributed by atoms with Crippen molar-refractivity contribution in [2.24, 2.45) is 5.73 Å². The fourth-order valence-corrected chi connectivity index (χ4v) is 2.88. The van der Waals surface area contributed by atoms with E-state index in [0.29, 0.717) is 29.1 Å². The van der Waals surface area contributed by atoms with Gasteiger partial charge in [0.1, 0.15) is 5.75 Å². The highest BCUT2D eigenvalue weighted by molar-refractivity contribution is 5.83. The second kappa shape index (κ2) is 5.63. The van der Waals surface area contributed by atoms with Crippen molar-refractivity contribution >= 4 is 12.0 Å². The second-order valence-corrected chi connectivity index (χ2v) is 5.07. The topological polar surface area (TPSA) is 70.1 Å². The average molecular weight is 301 g/mol. The van der Waals surface area contributed by atoms with Crippen molar-refractivity contribution in [3.8, 4) is 17.0 Å². The highest BCUT2D eigenvalue weighted by Crippen LogP contribution is 2.41. The van der Waals surface area contributed by atoms with Crippen molar-refractivity contribution in [1.82, 2.24) is 9.55 Å². The van der Waals surface area contributed by atoms with E-state index in [0.717, 1.165) is 12.1 Å². The minimum atomic E-state index is -0.568. The van der Waals surface area contributed by atoms with E-state index in [9.17, 15) is 9.18 Å². The van der Waals surface area contributed by atoms with E-state index in [1.54, 1.807) is 12.1 Å². The number of rotatable bonds is 4. The summed E-state index contributed by atoms with van der Waals surface area (Å²) in [5.41, 5.74) is 7.82. The number of fused-ring (bicyclic) bond motifs is 1. The molecule has 1 aliphatic heterocycles. The molecule has 1 aliphatic rings. The quantitative estimate of drug-likeness (QED) is 0.880. The number of ether oxygens (including phenoxy) is 1. The van der Waals surface area contributed by atoms with E-state index in [4.69, 9.17) is 10.5 Å². The van der Waals surface area contributed by atoms with Gasteiger partial charge in [0.2, 0.25) is 11.9 Å². The molecule has 0 saturated heterocycles. The molecule has 1 amide bonds. The zero-order valence-electron chi connectivity index (χ0n) is 12.2. The lowest BCUT2D eigenvalue weighted by Gasteiger charge is -2.14. The van der Waals surface area contributed by atoms with Gasteiger partial charge in [-0.1, -0.05) is 6.08 Å². The first-order valence-electron chi connectivity index (χ1n) is 6.98. The number of carbonyl (C=O) groups is 1. The Labute approximate surface area is 127 Å². The normalized spacial score (nSPS) is 13.0. The Morgan fingerprint density at radius 3 is 3.05 bits per heavy atom. The Bertz CT molecular complexity index is 765. The van der Waals surface area contributed by atoms with Crippen LogP contribution in [0.2, 0.25) is 0 Å². The zero-order valence-corrected chi connectivity index (χ0v) is 12.2. The van der Waals surface area contributed by atoms with E-state index in [1.807, 2.05) is 16.7 Å². The number of nitrogens with zero attached hydrogens (tertiary/aromatic N) is 2. The van der Waals surface area contributed by atoms with Gasteiger partial charge < -0.3 is 15.0 Å². The molecule has 0 bridgehead atoms. The summed E-state index contributed by atoms with van der Waals surface area (Å²) in [4.78, 5) is 15.1. The van der Waals surface area contributed by atoms with Crippen molar-refractivity contribution in [1.29, 1.82) is 0 Å². The number of hydrogen-bond donors (Lipinski definition) is 1. The lowest BCUT2D eigenvalue weighted by molar-refractivity contribution is -0.117. The van der Waals surface area contributed by atoms with Gasteiger partial charge in [-0.15, -0.1) is 0 Å². The molecule has 0 atom stereocenters. The number of carbonyl (C=O) groups excluding carboxylic acids is 1. The lowest BCUT2D eigenvalue weighted by Crippen LogP contribution is -2.15. The molecule has 0 fully saturated rings. The fraction of sp³-hybridized carbons (Fsp3) is 0.250. The van der Waals surface area contributed by atoms with Crippen LogP contribution < -0.4 is 10.5 Å². The van der Waals surface area contributed by atoms with Gasteiger partial charge in [0, 0.05) is 24.0 Å². The maximum absolute atomic E-state index is 14.1. The maximum Gasteiger partial charge on any atom is 0.222 e. The molecule has 2 N–H and O–H groups in total. The van der Waals surface area contributed by atoms with Crippen LogP contribution in [0, 0.1) is 5.95 Å². The highest BCUT2D eigenvalue weighted by atomic mass is 19.1. The van der Waals surface area contributed by atoms with Crippen LogP contribution in [0.15, 0.2) is 24.4 Å².